The largest absolute Gasteiger partial charge is 0.391 e. The molecule has 1 fully saturated rings. The minimum Gasteiger partial charge on any atom is -0.271 e. The van der Waals surface area contributed by atoms with Crippen molar-refractivity contribution in [2.24, 2.45) is 17.7 Å². The molecular formula is C8H15F3N2. The highest BCUT2D eigenvalue weighted by molar-refractivity contribution is 4.78. The molecule has 2 nitrogen and oxygen atoms in total. The summed E-state index contributed by atoms with van der Waals surface area (Å²) in [5, 5.41) is 0. The SMILES string of the molecule is NNCC1CCCC(C(F)(F)F)C1. The molecule has 1 saturated carbocycles. The van der Waals surface area contributed by atoms with Gasteiger partial charge in [0.1, 0.15) is 0 Å². The third-order valence-corrected chi connectivity index (χ3v) is 2.65. The predicted molar refractivity (Wildman–Crippen MR) is 43.7 cm³/mol. The highest BCUT2D eigenvalue weighted by Gasteiger charge is 2.41. The van der Waals surface area contributed by atoms with Gasteiger partial charge in [0.15, 0.2) is 0 Å². The summed E-state index contributed by atoms with van der Waals surface area (Å²) in [6.07, 6.45) is -1.99. The van der Waals surface area contributed by atoms with Crippen molar-refractivity contribution >= 4 is 0 Å². The van der Waals surface area contributed by atoms with Crippen LogP contribution in [0.2, 0.25) is 0 Å². The van der Waals surface area contributed by atoms with Gasteiger partial charge in [0.25, 0.3) is 0 Å². The van der Waals surface area contributed by atoms with Crippen molar-refractivity contribution < 1.29 is 13.2 Å². The minimum absolute atomic E-state index is 0.0883. The van der Waals surface area contributed by atoms with E-state index in [-0.39, 0.29) is 18.8 Å². The van der Waals surface area contributed by atoms with Crippen LogP contribution in [0, 0.1) is 11.8 Å². The molecular weight excluding hydrogens is 181 g/mol. The second-order valence-corrected chi connectivity index (χ2v) is 3.68. The van der Waals surface area contributed by atoms with Crippen molar-refractivity contribution in [3.05, 3.63) is 0 Å². The molecule has 0 aromatic rings. The lowest BCUT2D eigenvalue weighted by Crippen LogP contribution is -2.35. The average Bonchev–Trinajstić information content (AvgIpc) is 2.04. The van der Waals surface area contributed by atoms with Crippen LogP contribution in [-0.4, -0.2) is 12.7 Å². The summed E-state index contributed by atoms with van der Waals surface area (Å²) in [4.78, 5) is 0. The van der Waals surface area contributed by atoms with Gasteiger partial charge < -0.3 is 0 Å². The fraction of sp³-hybridized carbons (Fsp3) is 1.00. The zero-order valence-electron chi connectivity index (χ0n) is 7.40. The Morgan fingerprint density at radius 1 is 1.31 bits per heavy atom. The Labute approximate surface area is 75.6 Å². The average molecular weight is 196 g/mol. The predicted octanol–water partition coefficient (Wildman–Crippen LogP) is 1.82. The maximum Gasteiger partial charge on any atom is 0.391 e. The molecule has 13 heavy (non-hydrogen) atoms. The van der Waals surface area contributed by atoms with Gasteiger partial charge in [-0.25, -0.2) is 0 Å². The molecule has 5 heteroatoms. The third kappa shape index (κ3) is 3.15. The molecule has 2 atom stereocenters. The molecule has 0 amide bonds. The smallest absolute Gasteiger partial charge is 0.271 e. The number of nitrogens with one attached hydrogen (secondary N) is 1. The Balaban J connectivity index is 2.42. The first-order valence-electron chi connectivity index (χ1n) is 4.54. The molecule has 0 heterocycles. The Morgan fingerprint density at radius 2 is 2.00 bits per heavy atom. The summed E-state index contributed by atoms with van der Waals surface area (Å²) >= 11 is 0. The van der Waals surface area contributed by atoms with E-state index in [4.69, 9.17) is 5.84 Å². The van der Waals surface area contributed by atoms with Crippen molar-refractivity contribution in [2.45, 2.75) is 31.9 Å². The molecule has 3 N–H and O–H groups in total. The fourth-order valence-electron chi connectivity index (χ4n) is 1.94. The number of rotatable bonds is 2. The molecule has 0 aliphatic heterocycles. The first kappa shape index (κ1) is 10.8. The topological polar surface area (TPSA) is 38.0 Å². The number of hydrogen-bond acceptors (Lipinski definition) is 2. The number of nitrogens with two attached hydrogens (primary N) is 1. The molecule has 2 unspecified atom stereocenters. The van der Waals surface area contributed by atoms with E-state index in [2.05, 4.69) is 5.43 Å². The van der Waals surface area contributed by atoms with E-state index >= 15 is 0 Å². The Morgan fingerprint density at radius 3 is 2.54 bits per heavy atom. The van der Waals surface area contributed by atoms with E-state index < -0.39 is 12.1 Å². The molecule has 1 aliphatic rings. The summed E-state index contributed by atoms with van der Waals surface area (Å²) in [6.45, 7) is 0.493. The Hall–Kier alpha value is -0.290. The van der Waals surface area contributed by atoms with Crippen LogP contribution < -0.4 is 11.3 Å². The normalized spacial score (nSPS) is 30.5. The zero-order valence-corrected chi connectivity index (χ0v) is 7.40. The number of hydrogen-bond donors (Lipinski definition) is 2. The summed E-state index contributed by atoms with van der Waals surface area (Å²) < 4.78 is 36.9. The van der Waals surface area contributed by atoms with Crippen LogP contribution in [0.15, 0.2) is 0 Å². The van der Waals surface area contributed by atoms with E-state index in [1.54, 1.807) is 0 Å². The maximum atomic E-state index is 12.3. The van der Waals surface area contributed by atoms with Gasteiger partial charge in [0.05, 0.1) is 5.92 Å². The Kier molecular flexibility index (Phi) is 3.55. The van der Waals surface area contributed by atoms with Crippen LogP contribution in [0.4, 0.5) is 13.2 Å². The van der Waals surface area contributed by atoms with Crippen LogP contribution in [-0.2, 0) is 0 Å². The lowest BCUT2D eigenvalue weighted by Gasteiger charge is -2.30. The van der Waals surface area contributed by atoms with Crippen molar-refractivity contribution in [1.29, 1.82) is 0 Å². The zero-order chi connectivity index (χ0) is 9.90. The van der Waals surface area contributed by atoms with Gasteiger partial charge in [0, 0.05) is 6.54 Å². The van der Waals surface area contributed by atoms with E-state index in [1.165, 1.54) is 0 Å². The van der Waals surface area contributed by atoms with E-state index in [1.807, 2.05) is 0 Å². The lowest BCUT2D eigenvalue weighted by atomic mass is 9.81. The van der Waals surface area contributed by atoms with Crippen LogP contribution in [0.25, 0.3) is 0 Å². The third-order valence-electron chi connectivity index (χ3n) is 2.65. The molecule has 0 aromatic carbocycles. The molecule has 78 valence electrons. The van der Waals surface area contributed by atoms with Crippen molar-refractivity contribution in [1.82, 2.24) is 5.43 Å². The van der Waals surface area contributed by atoms with Crippen LogP contribution in [0.5, 0.6) is 0 Å². The minimum atomic E-state index is -4.02. The Bertz CT molecular complexity index is 156. The number of alkyl halides is 3. The van der Waals surface area contributed by atoms with Gasteiger partial charge >= 0.3 is 6.18 Å². The maximum absolute atomic E-state index is 12.3. The fourth-order valence-corrected chi connectivity index (χ4v) is 1.94. The first-order valence-corrected chi connectivity index (χ1v) is 4.54. The summed E-state index contributed by atoms with van der Waals surface area (Å²) in [5.74, 6) is 4.06. The van der Waals surface area contributed by atoms with Gasteiger partial charge in [-0.2, -0.15) is 13.2 Å². The molecule has 1 aliphatic carbocycles. The van der Waals surface area contributed by atoms with Gasteiger partial charge in [-0.05, 0) is 25.2 Å². The van der Waals surface area contributed by atoms with Crippen molar-refractivity contribution in [3.63, 3.8) is 0 Å². The summed E-state index contributed by atoms with van der Waals surface area (Å²) in [7, 11) is 0. The lowest BCUT2D eigenvalue weighted by molar-refractivity contribution is -0.185. The van der Waals surface area contributed by atoms with E-state index in [0.717, 1.165) is 6.42 Å². The molecule has 0 radical (unpaired) electrons. The summed E-state index contributed by atoms with van der Waals surface area (Å²) in [5.41, 5.74) is 2.44. The highest BCUT2D eigenvalue weighted by Crippen LogP contribution is 2.39. The monoisotopic (exact) mass is 196 g/mol. The molecule has 0 spiro atoms. The number of halogens is 3. The first-order chi connectivity index (χ1) is 6.04. The van der Waals surface area contributed by atoms with Crippen LogP contribution >= 0.6 is 0 Å². The standard InChI is InChI=1S/C8H15F3N2/c9-8(10,11)7-3-1-2-6(4-7)5-13-12/h6-7,13H,1-5,12H2. The second kappa shape index (κ2) is 4.28. The van der Waals surface area contributed by atoms with Crippen LogP contribution in [0.1, 0.15) is 25.7 Å². The molecule has 0 bridgehead atoms. The molecule has 0 saturated heterocycles. The molecule has 0 aromatic heterocycles. The van der Waals surface area contributed by atoms with Gasteiger partial charge in [-0.3, -0.25) is 11.3 Å². The van der Waals surface area contributed by atoms with Gasteiger partial charge in [0.2, 0.25) is 0 Å². The highest BCUT2D eigenvalue weighted by atomic mass is 19.4. The van der Waals surface area contributed by atoms with Crippen molar-refractivity contribution in [3.8, 4) is 0 Å². The van der Waals surface area contributed by atoms with E-state index in [9.17, 15) is 13.2 Å². The summed E-state index contributed by atoms with van der Waals surface area (Å²) in [6, 6.07) is 0. The van der Waals surface area contributed by atoms with Crippen molar-refractivity contribution in [2.75, 3.05) is 6.54 Å². The molecule has 1 rings (SSSR count). The van der Waals surface area contributed by atoms with Gasteiger partial charge in [-0.1, -0.05) is 6.42 Å². The quantitative estimate of drug-likeness (QED) is 0.522. The van der Waals surface area contributed by atoms with Gasteiger partial charge in [-0.15, -0.1) is 0 Å². The van der Waals surface area contributed by atoms with E-state index in [0.29, 0.717) is 13.0 Å². The van der Waals surface area contributed by atoms with Crippen LogP contribution in [0.3, 0.4) is 0 Å². The second-order valence-electron chi connectivity index (χ2n) is 3.68. The number of hydrazine groups is 1.